The number of rotatable bonds is 4. The summed E-state index contributed by atoms with van der Waals surface area (Å²) in [6.07, 6.45) is 4.37. The lowest BCUT2D eigenvalue weighted by Crippen LogP contribution is -2.54. The lowest BCUT2D eigenvalue weighted by Gasteiger charge is -2.39. The van der Waals surface area contributed by atoms with Crippen LogP contribution in [0.5, 0.6) is 0 Å². The molecule has 1 aliphatic rings. The number of aliphatic hydroxyl groups excluding tert-OH is 1. The average Bonchev–Trinajstić information content (AvgIpc) is 2.28. The number of piperidine rings is 1. The van der Waals surface area contributed by atoms with Gasteiger partial charge in [-0.3, -0.25) is 4.79 Å². The highest BCUT2D eigenvalue weighted by Gasteiger charge is 2.43. The Labute approximate surface area is 109 Å². The van der Waals surface area contributed by atoms with E-state index in [1.54, 1.807) is 4.90 Å². The van der Waals surface area contributed by atoms with Gasteiger partial charge < -0.3 is 10.0 Å². The zero-order valence-electron chi connectivity index (χ0n) is 11.3. The molecule has 0 aromatic heterocycles. The van der Waals surface area contributed by atoms with Gasteiger partial charge in [0.1, 0.15) is 4.75 Å². The molecule has 1 N–H and O–H groups in total. The van der Waals surface area contributed by atoms with E-state index in [2.05, 4.69) is 0 Å². The summed E-state index contributed by atoms with van der Waals surface area (Å²) in [5, 5.41) is 9.02. The summed E-state index contributed by atoms with van der Waals surface area (Å²) < 4.78 is 22.0. The molecule has 1 unspecified atom stereocenters. The van der Waals surface area contributed by atoms with Crippen LogP contribution in [0.2, 0.25) is 0 Å². The molecule has 6 heteroatoms. The third kappa shape index (κ3) is 3.03. The van der Waals surface area contributed by atoms with E-state index in [-0.39, 0.29) is 18.6 Å². The minimum absolute atomic E-state index is 0.0216. The smallest absolute Gasteiger partial charge is 0.243 e. The molecule has 0 saturated carbocycles. The molecule has 1 atom stereocenters. The zero-order valence-corrected chi connectivity index (χ0v) is 12.2. The standard InChI is InChI=1S/C12H23NO4S/c1-12(2,18(3,16)17)11(15)13-8-5-4-6-10(13)7-9-14/h10,14H,4-9H2,1-3H3. The highest BCUT2D eigenvalue weighted by atomic mass is 32.2. The van der Waals surface area contributed by atoms with Crippen molar-refractivity contribution in [1.82, 2.24) is 4.90 Å². The van der Waals surface area contributed by atoms with E-state index in [0.29, 0.717) is 13.0 Å². The molecule has 106 valence electrons. The Morgan fingerprint density at radius 3 is 2.50 bits per heavy atom. The summed E-state index contributed by atoms with van der Waals surface area (Å²) in [6.45, 7) is 3.51. The number of amides is 1. The van der Waals surface area contributed by atoms with E-state index in [9.17, 15) is 13.2 Å². The van der Waals surface area contributed by atoms with Crippen molar-refractivity contribution in [3.05, 3.63) is 0 Å². The van der Waals surface area contributed by atoms with Crippen LogP contribution in [0.25, 0.3) is 0 Å². The Hall–Kier alpha value is -0.620. The van der Waals surface area contributed by atoms with Crippen molar-refractivity contribution >= 4 is 15.7 Å². The van der Waals surface area contributed by atoms with Crippen LogP contribution < -0.4 is 0 Å². The minimum Gasteiger partial charge on any atom is -0.396 e. The van der Waals surface area contributed by atoms with Crippen LogP contribution in [-0.4, -0.2) is 54.5 Å². The van der Waals surface area contributed by atoms with Crippen LogP contribution >= 0.6 is 0 Å². The van der Waals surface area contributed by atoms with Gasteiger partial charge in [0.2, 0.25) is 5.91 Å². The Morgan fingerprint density at radius 1 is 1.39 bits per heavy atom. The van der Waals surface area contributed by atoms with Gasteiger partial charge in [0, 0.05) is 25.4 Å². The normalized spacial score (nSPS) is 22.0. The van der Waals surface area contributed by atoms with E-state index in [1.807, 2.05) is 0 Å². The fraction of sp³-hybridized carbons (Fsp3) is 0.917. The van der Waals surface area contributed by atoms with E-state index in [4.69, 9.17) is 5.11 Å². The monoisotopic (exact) mass is 277 g/mol. The first-order valence-electron chi connectivity index (χ1n) is 6.33. The first-order chi connectivity index (χ1) is 8.21. The Morgan fingerprint density at radius 2 is 2.00 bits per heavy atom. The molecule has 0 radical (unpaired) electrons. The summed E-state index contributed by atoms with van der Waals surface area (Å²) in [6, 6.07) is -0.0303. The average molecular weight is 277 g/mol. The van der Waals surface area contributed by atoms with E-state index < -0.39 is 14.6 Å². The summed E-state index contributed by atoms with van der Waals surface area (Å²) in [7, 11) is -3.44. The van der Waals surface area contributed by atoms with Crippen molar-refractivity contribution in [2.24, 2.45) is 0 Å². The molecule has 1 heterocycles. The third-order valence-corrected chi connectivity index (χ3v) is 5.82. The van der Waals surface area contributed by atoms with Crippen LogP contribution in [-0.2, 0) is 14.6 Å². The lowest BCUT2D eigenvalue weighted by atomic mass is 9.97. The fourth-order valence-corrected chi connectivity index (χ4v) is 2.66. The van der Waals surface area contributed by atoms with Crippen LogP contribution in [0.15, 0.2) is 0 Å². The number of nitrogens with zero attached hydrogens (tertiary/aromatic N) is 1. The molecule has 0 aromatic carbocycles. The molecule has 0 spiro atoms. The van der Waals surface area contributed by atoms with Crippen LogP contribution in [0.1, 0.15) is 39.5 Å². The molecule has 1 fully saturated rings. The van der Waals surface area contributed by atoms with Gasteiger partial charge in [-0.05, 0) is 39.5 Å². The second kappa shape index (κ2) is 5.57. The summed E-state index contributed by atoms with van der Waals surface area (Å²) in [5.74, 6) is -0.344. The third-order valence-electron chi connectivity index (χ3n) is 3.79. The molecular formula is C12H23NO4S. The fourth-order valence-electron chi connectivity index (χ4n) is 2.22. The van der Waals surface area contributed by atoms with Crippen molar-refractivity contribution < 1.29 is 18.3 Å². The van der Waals surface area contributed by atoms with Crippen LogP contribution in [0, 0.1) is 0 Å². The molecule has 0 aromatic rings. The van der Waals surface area contributed by atoms with Crippen LogP contribution in [0.3, 0.4) is 0 Å². The van der Waals surface area contributed by atoms with E-state index in [0.717, 1.165) is 25.5 Å². The molecule has 1 aliphatic heterocycles. The summed E-state index contributed by atoms with van der Waals surface area (Å²) in [4.78, 5) is 14.1. The SMILES string of the molecule is CC(C)(C(=O)N1CCCCC1CCO)S(C)(=O)=O. The van der Waals surface area contributed by atoms with Gasteiger partial charge >= 0.3 is 0 Å². The molecular weight excluding hydrogens is 254 g/mol. The van der Waals surface area contributed by atoms with E-state index in [1.165, 1.54) is 13.8 Å². The maximum Gasteiger partial charge on any atom is 0.243 e. The largest absolute Gasteiger partial charge is 0.396 e. The summed E-state index contributed by atoms with van der Waals surface area (Å²) in [5.41, 5.74) is 0. The van der Waals surface area contributed by atoms with Crippen LogP contribution in [0.4, 0.5) is 0 Å². The maximum atomic E-state index is 12.4. The number of hydrogen-bond donors (Lipinski definition) is 1. The number of hydrogen-bond acceptors (Lipinski definition) is 4. The van der Waals surface area contributed by atoms with Crippen molar-refractivity contribution in [2.45, 2.75) is 50.3 Å². The predicted octanol–water partition coefficient (Wildman–Crippen LogP) is 0.573. The Balaban J connectivity index is 2.93. The van der Waals surface area contributed by atoms with Crippen molar-refractivity contribution in [1.29, 1.82) is 0 Å². The molecule has 1 amide bonds. The Kier molecular flexibility index (Phi) is 4.78. The van der Waals surface area contributed by atoms with Gasteiger partial charge in [-0.2, -0.15) is 0 Å². The molecule has 5 nitrogen and oxygen atoms in total. The van der Waals surface area contributed by atoms with Gasteiger partial charge in [-0.1, -0.05) is 0 Å². The van der Waals surface area contributed by atoms with Gasteiger partial charge in [-0.15, -0.1) is 0 Å². The van der Waals surface area contributed by atoms with Gasteiger partial charge in [-0.25, -0.2) is 8.42 Å². The Bertz CT molecular complexity index is 400. The van der Waals surface area contributed by atoms with Crippen molar-refractivity contribution in [2.75, 3.05) is 19.4 Å². The lowest BCUT2D eigenvalue weighted by molar-refractivity contribution is -0.137. The van der Waals surface area contributed by atoms with Crippen molar-refractivity contribution in [3.63, 3.8) is 0 Å². The molecule has 18 heavy (non-hydrogen) atoms. The highest BCUT2D eigenvalue weighted by Crippen LogP contribution is 2.26. The molecule has 1 rings (SSSR count). The van der Waals surface area contributed by atoms with Crippen molar-refractivity contribution in [3.8, 4) is 0 Å². The van der Waals surface area contributed by atoms with E-state index >= 15 is 0 Å². The zero-order chi connectivity index (χ0) is 14.0. The number of aliphatic hydroxyl groups is 1. The van der Waals surface area contributed by atoms with Gasteiger partial charge in [0.05, 0.1) is 0 Å². The first-order valence-corrected chi connectivity index (χ1v) is 8.22. The maximum absolute atomic E-state index is 12.4. The molecule has 0 aliphatic carbocycles. The predicted molar refractivity (Wildman–Crippen MR) is 70.0 cm³/mol. The van der Waals surface area contributed by atoms with Gasteiger partial charge in [0.25, 0.3) is 0 Å². The first kappa shape index (κ1) is 15.4. The number of carbonyl (C=O) groups is 1. The second-order valence-electron chi connectivity index (χ2n) is 5.44. The van der Waals surface area contributed by atoms with Gasteiger partial charge in [0.15, 0.2) is 9.84 Å². The number of carbonyl (C=O) groups excluding carboxylic acids is 1. The molecule has 0 bridgehead atoms. The number of sulfone groups is 1. The summed E-state index contributed by atoms with van der Waals surface area (Å²) >= 11 is 0. The molecule has 1 saturated heterocycles. The quantitative estimate of drug-likeness (QED) is 0.815. The minimum atomic E-state index is -3.44. The highest BCUT2D eigenvalue weighted by molar-refractivity contribution is 7.92. The number of likely N-dealkylation sites (tertiary alicyclic amines) is 1. The second-order valence-corrected chi connectivity index (χ2v) is 8.01. The topological polar surface area (TPSA) is 74.7 Å².